The minimum absolute atomic E-state index is 0.678. The maximum atomic E-state index is 8.22. The fraction of sp³-hybridized carbons (Fsp3) is 0.923. The lowest BCUT2D eigenvalue weighted by Gasteiger charge is -2.19. The third-order valence-electron chi connectivity index (χ3n) is 3.25. The Morgan fingerprint density at radius 3 is 2.20 bits per heavy atom. The highest BCUT2D eigenvalue weighted by molar-refractivity contribution is 4.89. The fourth-order valence-corrected chi connectivity index (χ4v) is 2.72. The van der Waals surface area contributed by atoms with Gasteiger partial charge in [-0.05, 0) is 37.0 Å². The fourth-order valence-electron chi connectivity index (χ4n) is 2.72. The Morgan fingerprint density at radius 1 is 1.13 bits per heavy atom. The van der Waals surface area contributed by atoms with Crippen molar-refractivity contribution < 1.29 is 4.74 Å². The van der Waals surface area contributed by atoms with E-state index in [4.69, 9.17) is 10.00 Å². The zero-order valence-corrected chi connectivity index (χ0v) is 10.6. The molecule has 2 heteroatoms. The van der Waals surface area contributed by atoms with Crippen molar-refractivity contribution in [3.63, 3.8) is 0 Å². The summed E-state index contributed by atoms with van der Waals surface area (Å²) in [5, 5.41) is 8.22. The van der Waals surface area contributed by atoms with Crippen LogP contribution in [0.5, 0.6) is 0 Å². The summed E-state index contributed by atoms with van der Waals surface area (Å²) in [5.41, 5.74) is 0. The van der Waals surface area contributed by atoms with Crippen molar-refractivity contribution in [2.45, 2.75) is 53.4 Å². The van der Waals surface area contributed by atoms with Crippen molar-refractivity contribution in [1.82, 2.24) is 0 Å². The van der Waals surface area contributed by atoms with Gasteiger partial charge in [-0.1, -0.05) is 34.1 Å². The predicted molar refractivity (Wildman–Crippen MR) is 63.2 cm³/mol. The standard InChI is InChI=1S/C9H13NO.2C2H6/c10-6-11-5-9-4-7-1-2-8(9)3-7;2*1-2/h7-9H,1-5H2;2*1-2H3. The lowest BCUT2D eigenvalue weighted by molar-refractivity contribution is 0.167. The van der Waals surface area contributed by atoms with E-state index in [-0.39, 0.29) is 0 Å². The van der Waals surface area contributed by atoms with Crippen LogP contribution in [0.2, 0.25) is 0 Å². The molecule has 0 amide bonds. The Bertz CT molecular complexity index is 185. The molecular formula is C13H25NO. The molecule has 2 nitrogen and oxygen atoms in total. The molecule has 2 aliphatic rings. The summed E-state index contributed by atoms with van der Waals surface area (Å²) >= 11 is 0. The van der Waals surface area contributed by atoms with E-state index in [0.29, 0.717) is 12.5 Å². The summed E-state index contributed by atoms with van der Waals surface area (Å²) in [6.07, 6.45) is 7.27. The molecule has 0 aromatic carbocycles. The molecule has 0 saturated heterocycles. The summed E-state index contributed by atoms with van der Waals surface area (Å²) in [6, 6.07) is 0. The topological polar surface area (TPSA) is 33.0 Å². The molecule has 0 N–H and O–H groups in total. The zero-order chi connectivity index (χ0) is 11.7. The minimum atomic E-state index is 0.678. The van der Waals surface area contributed by atoms with Gasteiger partial charge in [0.25, 0.3) is 6.26 Å². The van der Waals surface area contributed by atoms with E-state index in [0.717, 1.165) is 11.8 Å². The molecule has 0 aromatic heterocycles. The minimum Gasteiger partial charge on any atom is -0.427 e. The third kappa shape index (κ3) is 4.11. The quantitative estimate of drug-likeness (QED) is 0.647. The van der Waals surface area contributed by atoms with E-state index >= 15 is 0 Å². The van der Waals surface area contributed by atoms with E-state index < -0.39 is 0 Å². The van der Waals surface area contributed by atoms with Crippen molar-refractivity contribution in [2.24, 2.45) is 17.8 Å². The van der Waals surface area contributed by atoms with Crippen LogP contribution in [0.3, 0.4) is 0 Å². The summed E-state index contributed by atoms with van der Waals surface area (Å²) in [4.78, 5) is 0. The average Bonchev–Trinajstić information content (AvgIpc) is 2.93. The van der Waals surface area contributed by atoms with Crippen LogP contribution in [0.1, 0.15) is 53.4 Å². The highest BCUT2D eigenvalue weighted by Gasteiger charge is 2.39. The van der Waals surface area contributed by atoms with Crippen LogP contribution < -0.4 is 0 Å². The maximum Gasteiger partial charge on any atom is 0.286 e. The first-order valence-electron chi connectivity index (χ1n) is 6.41. The van der Waals surface area contributed by atoms with Gasteiger partial charge in [-0.2, -0.15) is 5.26 Å². The highest BCUT2D eigenvalue weighted by Crippen LogP contribution is 2.48. The molecule has 15 heavy (non-hydrogen) atoms. The first kappa shape index (κ1) is 14.3. The van der Waals surface area contributed by atoms with Crippen LogP contribution in [-0.2, 0) is 4.74 Å². The number of rotatable bonds is 2. The summed E-state index contributed by atoms with van der Waals surface area (Å²) in [6.45, 7) is 8.68. The summed E-state index contributed by atoms with van der Waals surface area (Å²) < 4.78 is 4.78. The van der Waals surface area contributed by atoms with Crippen LogP contribution in [0.4, 0.5) is 0 Å². The average molecular weight is 211 g/mol. The van der Waals surface area contributed by atoms with Crippen molar-refractivity contribution >= 4 is 0 Å². The zero-order valence-electron chi connectivity index (χ0n) is 10.6. The number of nitrogens with zero attached hydrogens (tertiary/aromatic N) is 1. The van der Waals surface area contributed by atoms with Crippen molar-refractivity contribution in [3.05, 3.63) is 0 Å². The molecule has 0 aliphatic heterocycles. The van der Waals surface area contributed by atoms with Crippen LogP contribution in [-0.4, -0.2) is 6.61 Å². The van der Waals surface area contributed by atoms with E-state index in [2.05, 4.69) is 0 Å². The SMILES string of the molecule is CC.CC.N#COCC1CC2CCC1C2. The van der Waals surface area contributed by atoms with Crippen molar-refractivity contribution in [1.29, 1.82) is 5.26 Å². The van der Waals surface area contributed by atoms with Gasteiger partial charge in [0, 0.05) is 0 Å². The number of nitriles is 1. The van der Waals surface area contributed by atoms with E-state index in [1.807, 2.05) is 27.7 Å². The Labute approximate surface area is 94.6 Å². The van der Waals surface area contributed by atoms with Gasteiger partial charge in [0.05, 0.1) is 0 Å². The van der Waals surface area contributed by atoms with Gasteiger partial charge in [-0.15, -0.1) is 0 Å². The van der Waals surface area contributed by atoms with Crippen LogP contribution in [0.25, 0.3) is 0 Å². The molecule has 2 bridgehead atoms. The Hall–Kier alpha value is -0.710. The first-order chi connectivity index (χ1) is 7.40. The number of fused-ring (bicyclic) bond motifs is 2. The largest absolute Gasteiger partial charge is 0.427 e. The number of hydrogen-bond donors (Lipinski definition) is 0. The summed E-state index contributed by atoms with van der Waals surface area (Å²) in [7, 11) is 0. The lowest BCUT2D eigenvalue weighted by Crippen LogP contribution is -2.15. The molecule has 0 spiro atoms. The second-order valence-electron chi connectivity index (χ2n) is 3.84. The molecule has 2 aliphatic carbocycles. The molecule has 3 atom stereocenters. The van der Waals surface area contributed by atoms with Crippen LogP contribution in [0, 0.1) is 29.3 Å². The molecule has 2 saturated carbocycles. The smallest absolute Gasteiger partial charge is 0.286 e. The van der Waals surface area contributed by atoms with E-state index in [1.165, 1.54) is 25.7 Å². The lowest BCUT2D eigenvalue weighted by atomic mass is 9.90. The normalized spacial score (nSPS) is 30.5. The van der Waals surface area contributed by atoms with Crippen LogP contribution in [0.15, 0.2) is 0 Å². The van der Waals surface area contributed by atoms with Gasteiger partial charge < -0.3 is 4.74 Å². The van der Waals surface area contributed by atoms with Gasteiger partial charge in [0.2, 0.25) is 0 Å². The molecule has 88 valence electrons. The summed E-state index contributed by atoms with van der Waals surface area (Å²) in [5.74, 6) is 2.55. The van der Waals surface area contributed by atoms with Gasteiger partial charge in [-0.25, -0.2) is 0 Å². The predicted octanol–water partition coefficient (Wildman–Crippen LogP) is 3.97. The van der Waals surface area contributed by atoms with Gasteiger partial charge in [0.15, 0.2) is 0 Å². The molecule has 2 fully saturated rings. The molecule has 0 radical (unpaired) electrons. The van der Waals surface area contributed by atoms with Crippen LogP contribution >= 0.6 is 0 Å². The Balaban J connectivity index is 0.000000442. The molecule has 2 rings (SSSR count). The van der Waals surface area contributed by atoms with Crippen molar-refractivity contribution in [2.75, 3.05) is 6.61 Å². The van der Waals surface area contributed by atoms with Crippen molar-refractivity contribution in [3.8, 4) is 6.26 Å². The highest BCUT2D eigenvalue weighted by atomic mass is 16.5. The molecular weight excluding hydrogens is 186 g/mol. The monoisotopic (exact) mass is 211 g/mol. The van der Waals surface area contributed by atoms with Gasteiger partial charge in [0.1, 0.15) is 6.61 Å². The third-order valence-corrected chi connectivity index (χ3v) is 3.25. The number of ether oxygens (including phenoxy) is 1. The van der Waals surface area contributed by atoms with E-state index in [1.54, 1.807) is 6.26 Å². The second kappa shape index (κ2) is 8.59. The Morgan fingerprint density at radius 2 is 1.80 bits per heavy atom. The second-order valence-corrected chi connectivity index (χ2v) is 3.84. The molecule has 0 aromatic rings. The molecule has 0 heterocycles. The van der Waals surface area contributed by atoms with E-state index in [9.17, 15) is 0 Å². The van der Waals surface area contributed by atoms with Gasteiger partial charge >= 0.3 is 0 Å². The Kier molecular flexibility index (Phi) is 8.18. The molecule has 3 unspecified atom stereocenters. The maximum absolute atomic E-state index is 8.22. The first-order valence-corrected chi connectivity index (χ1v) is 6.41. The number of hydrogen-bond acceptors (Lipinski definition) is 2. The van der Waals surface area contributed by atoms with Gasteiger partial charge in [-0.3, -0.25) is 0 Å².